The van der Waals surface area contributed by atoms with Crippen molar-refractivity contribution in [3.63, 3.8) is 0 Å². The summed E-state index contributed by atoms with van der Waals surface area (Å²) in [5, 5.41) is 6.92. The van der Waals surface area contributed by atoms with Gasteiger partial charge in [0.2, 0.25) is 5.28 Å². The molecule has 4 nitrogen and oxygen atoms in total. The standard InChI is InChI=1S/C37H22ClN3OS/c1-3-21-30-32-29(23-14-6-7-15-24(23)35(30)43-34(21)22-13-5-4-12-20(22)2)25-16-8-10-18-27(25)41(32)36-33-31(39-37(38)40-36)26-17-9-11-19-28(26)42-33/h3-19H,1H2,2H3. The predicted molar refractivity (Wildman–Crippen MR) is 182 cm³/mol. The van der Waals surface area contributed by atoms with Crippen molar-refractivity contribution in [1.82, 2.24) is 14.5 Å². The molecule has 4 aromatic heterocycles. The van der Waals surface area contributed by atoms with Crippen LogP contribution in [0.5, 0.6) is 0 Å². The normalized spacial score (nSPS) is 12.0. The second kappa shape index (κ2) is 9.01. The molecule has 204 valence electrons. The van der Waals surface area contributed by atoms with Gasteiger partial charge in [-0.15, -0.1) is 11.3 Å². The third-order valence-electron chi connectivity index (χ3n) is 8.48. The molecule has 0 saturated heterocycles. The number of aryl methyl sites for hydroxylation is 1. The summed E-state index contributed by atoms with van der Waals surface area (Å²) in [6.07, 6.45) is 2.00. The monoisotopic (exact) mass is 591 g/mol. The van der Waals surface area contributed by atoms with E-state index in [-0.39, 0.29) is 5.28 Å². The quantitative estimate of drug-likeness (QED) is 0.192. The minimum atomic E-state index is 0.173. The van der Waals surface area contributed by atoms with Crippen LogP contribution < -0.4 is 0 Å². The number of nitrogens with zero attached hydrogens (tertiary/aromatic N) is 3. The number of aromatic nitrogens is 3. The van der Waals surface area contributed by atoms with Gasteiger partial charge in [-0.2, -0.15) is 4.98 Å². The second-order valence-corrected chi connectivity index (χ2v) is 12.1. The van der Waals surface area contributed by atoms with Crippen molar-refractivity contribution < 1.29 is 4.42 Å². The highest BCUT2D eigenvalue weighted by Gasteiger charge is 2.26. The second-order valence-electron chi connectivity index (χ2n) is 10.8. The van der Waals surface area contributed by atoms with E-state index in [0.29, 0.717) is 16.9 Å². The van der Waals surface area contributed by atoms with Gasteiger partial charge in [-0.3, -0.25) is 4.57 Å². The maximum atomic E-state index is 6.68. The van der Waals surface area contributed by atoms with Crippen LogP contribution in [0, 0.1) is 6.92 Å². The first kappa shape index (κ1) is 24.6. The number of rotatable bonds is 3. The van der Waals surface area contributed by atoms with Crippen molar-refractivity contribution >= 4 is 93.7 Å². The molecule has 0 fully saturated rings. The Morgan fingerprint density at radius 2 is 1.49 bits per heavy atom. The average Bonchev–Trinajstić information content (AvgIpc) is 3.71. The zero-order valence-corrected chi connectivity index (χ0v) is 24.6. The maximum absolute atomic E-state index is 6.68. The van der Waals surface area contributed by atoms with E-state index in [2.05, 4.69) is 95.9 Å². The molecule has 43 heavy (non-hydrogen) atoms. The summed E-state index contributed by atoms with van der Waals surface area (Å²) in [5.74, 6) is 0.618. The minimum absolute atomic E-state index is 0.173. The maximum Gasteiger partial charge on any atom is 0.225 e. The van der Waals surface area contributed by atoms with Crippen molar-refractivity contribution in [3.05, 3.63) is 120 Å². The van der Waals surface area contributed by atoms with Gasteiger partial charge in [0.25, 0.3) is 0 Å². The number of para-hydroxylation sites is 2. The highest BCUT2D eigenvalue weighted by atomic mass is 35.5. The van der Waals surface area contributed by atoms with Crippen molar-refractivity contribution in [1.29, 1.82) is 0 Å². The predicted octanol–water partition coefficient (Wildman–Crippen LogP) is 11.1. The molecular weight excluding hydrogens is 570 g/mol. The van der Waals surface area contributed by atoms with Gasteiger partial charge in [-0.1, -0.05) is 91.5 Å². The van der Waals surface area contributed by atoms with Gasteiger partial charge in [0, 0.05) is 42.1 Å². The Kier molecular flexibility index (Phi) is 5.16. The molecule has 0 aliphatic heterocycles. The fraction of sp³-hybridized carbons (Fsp3) is 0.0270. The van der Waals surface area contributed by atoms with Gasteiger partial charge >= 0.3 is 0 Å². The van der Waals surface area contributed by atoms with Crippen LogP contribution in [0.15, 0.2) is 108 Å². The van der Waals surface area contributed by atoms with Crippen LogP contribution in [0.25, 0.3) is 87.1 Å². The third-order valence-corrected chi connectivity index (χ3v) is 9.92. The van der Waals surface area contributed by atoms with E-state index in [1.807, 2.05) is 41.7 Å². The molecule has 0 unspecified atom stereocenters. The van der Waals surface area contributed by atoms with Gasteiger partial charge in [0.15, 0.2) is 11.4 Å². The molecule has 6 heteroatoms. The Balaban J connectivity index is 1.58. The van der Waals surface area contributed by atoms with Gasteiger partial charge in [0.1, 0.15) is 11.1 Å². The van der Waals surface area contributed by atoms with Crippen LogP contribution in [-0.4, -0.2) is 14.5 Å². The van der Waals surface area contributed by atoms with Crippen LogP contribution in [0.2, 0.25) is 5.28 Å². The molecule has 0 aliphatic rings. The largest absolute Gasteiger partial charge is 0.450 e. The van der Waals surface area contributed by atoms with Crippen molar-refractivity contribution in [2.75, 3.05) is 0 Å². The lowest BCUT2D eigenvalue weighted by molar-refractivity contribution is 0.662. The Bertz CT molecular complexity index is 2620. The van der Waals surface area contributed by atoms with Crippen LogP contribution in [0.1, 0.15) is 11.1 Å². The lowest BCUT2D eigenvalue weighted by Gasteiger charge is -2.11. The Morgan fingerprint density at radius 3 is 2.30 bits per heavy atom. The highest BCUT2D eigenvalue weighted by Crippen LogP contribution is 2.50. The number of halogens is 1. The molecule has 0 saturated carbocycles. The zero-order valence-electron chi connectivity index (χ0n) is 23.1. The van der Waals surface area contributed by atoms with Crippen LogP contribution in [0.3, 0.4) is 0 Å². The Labute approximate surface area is 255 Å². The summed E-state index contributed by atoms with van der Waals surface area (Å²) in [5.41, 5.74) is 7.66. The van der Waals surface area contributed by atoms with Gasteiger partial charge in [0.05, 0.1) is 11.0 Å². The summed E-state index contributed by atoms with van der Waals surface area (Å²) in [6, 6.07) is 33.6. The van der Waals surface area contributed by atoms with E-state index in [0.717, 1.165) is 43.7 Å². The summed E-state index contributed by atoms with van der Waals surface area (Å²) in [4.78, 5) is 10.7. The smallest absolute Gasteiger partial charge is 0.225 e. The third kappa shape index (κ3) is 3.32. The molecule has 9 rings (SSSR count). The molecule has 4 heterocycles. The molecule has 0 N–H and O–H groups in total. The number of furan rings is 1. The summed E-state index contributed by atoms with van der Waals surface area (Å²) < 4.78 is 9.92. The van der Waals surface area contributed by atoms with E-state index < -0.39 is 0 Å². The number of hydrogen-bond donors (Lipinski definition) is 0. The fourth-order valence-electron chi connectivity index (χ4n) is 6.66. The summed E-state index contributed by atoms with van der Waals surface area (Å²) >= 11 is 8.50. The fourth-order valence-corrected chi connectivity index (χ4v) is 8.26. The van der Waals surface area contributed by atoms with E-state index in [9.17, 15) is 0 Å². The molecule has 9 aromatic rings. The highest BCUT2D eigenvalue weighted by molar-refractivity contribution is 7.23. The van der Waals surface area contributed by atoms with Crippen LogP contribution in [-0.2, 0) is 0 Å². The van der Waals surface area contributed by atoms with Crippen molar-refractivity contribution in [2.24, 2.45) is 0 Å². The van der Waals surface area contributed by atoms with Gasteiger partial charge < -0.3 is 4.42 Å². The lowest BCUT2D eigenvalue weighted by Crippen LogP contribution is -2.00. The van der Waals surface area contributed by atoms with E-state index in [1.165, 1.54) is 31.5 Å². The molecule has 0 radical (unpaired) electrons. The SMILES string of the molecule is C=Cc1c(-c2ccccc2C)sc2c3ccccc3c3c4ccccc4n(-c4nc(Cl)nc5c4oc4ccccc45)c3c12. The molecule has 0 atom stereocenters. The zero-order chi connectivity index (χ0) is 28.8. The van der Waals surface area contributed by atoms with E-state index >= 15 is 0 Å². The number of hydrogen-bond acceptors (Lipinski definition) is 4. The first-order chi connectivity index (χ1) is 21.1. The van der Waals surface area contributed by atoms with E-state index in [4.69, 9.17) is 21.0 Å². The molecule has 5 aromatic carbocycles. The molecule has 0 aliphatic carbocycles. The topological polar surface area (TPSA) is 43.9 Å². The Morgan fingerprint density at radius 1 is 0.791 bits per heavy atom. The lowest BCUT2D eigenvalue weighted by atomic mass is 9.97. The number of benzene rings is 5. The molecule has 0 spiro atoms. The summed E-state index contributed by atoms with van der Waals surface area (Å²) in [7, 11) is 0. The molecular formula is C37H22ClN3OS. The first-order valence-electron chi connectivity index (χ1n) is 14.1. The first-order valence-corrected chi connectivity index (χ1v) is 15.3. The van der Waals surface area contributed by atoms with E-state index in [1.54, 1.807) is 0 Å². The van der Waals surface area contributed by atoms with Gasteiger partial charge in [-0.25, -0.2) is 4.98 Å². The summed E-state index contributed by atoms with van der Waals surface area (Å²) in [6.45, 7) is 6.50. The molecule has 0 amide bonds. The van der Waals surface area contributed by atoms with Crippen LogP contribution in [0.4, 0.5) is 0 Å². The van der Waals surface area contributed by atoms with Crippen LogP contribution >= 0.6 is 22.9 Å². The number of thiophene rings is 1. The molecule has 0 bridgehead atoms. The van der Waals surface area contributed by atoms with Crippen molar-refractivity contribution in [2.45, 2.75) is 6.92 Å². The van der Waals surface area contributed by atoms with Crippen molar-refractivity contribution in [3.8, 4) is 16.3 Å². The minimum Gasteiger partial charge on any atom is -0.450 e. The Hall–Kier alpha value is -4.97. The average molecular weight is 592 g/mol. The number of fused-ring (bicyclic) bond motifs is 11. The van der Waals surface area contributed by atoms with Gasteiger partial charge in [-0.05, 0) is 53.2 Å².